The van der Waals surface area contributed by atoms with Gasteiger partial charge in [0.2, 0.25) is 0 Å². The molecule has 3 nitrogen and oxygen atoms in total. The molecule has 1 amide bonds. The monoisotopic (exact) mass is 250 g/mol. The molecule has 2 N–H and O–H groups in total. The van der Waals surface area contributed by atoms with Gasteiger partial charge in [0.15, 0.2) is 0 Å². The molecule has 1 saturated heterocycles. The van der Waals surface area contributed by atoms with Crippen LogP contribution in [0.4, 0.5) is 4.39 Å². The average molecular weight is 250 g/mol. The molecule has 2 unspecified atom stereocenters. The number of carbonyl (C=O) groups is 1. The van der Waals surface area contributed by atoms with Crippen molar-refractivity contribution in [3.63, 3.8) is 0 Å². The molecule has 0 aromatic heterocycles. The molecule has 2 rings (SSSR count). The fourth-order valence-corrected chi connectivity index (χ4v) is 2.54. The first-order valence-corrected chi connectivity index (χ1v) is 6.31. The van der Waals surface area contributed by atoms with E-state index in [0.29, 0.717) is 12.1 Å². The molecule has 98 valence electrons. The standard InChI is InChI=1S/C14H19FN2O/c1-9-5-11(8-12(15)6-9)14(18)17-4-3-13(16)7-10(17)2/h5-6,8,10,13H,3-4,7,16H2,1-2H3. The topological polar surface area (TPSA) is 46.3 Å². The third-order valence-corrected chi connectivity index (χ3v) is 3.47. The number of likely N-dealkylation sites (tertiary alicyclic amines) is 1. The van der Waals surface area contributed by atoms with Crippen molar-refractivity contribution in [2.45, 2.75) is 38.8 Å². The van der Waals surface area contributed by atoms with Crippen LogP contribution in [-0.4, -0.2) is 29.4 Å². The summed E-state index contributed by atoms with van der Waals surface area (Å²) in [6.07, 6.45) is 1.62. The highest BCUT2D eigenvalue weighted by molar-refractivity contribution is 5.94. The molecule has 1 aliphatic rings. The van der Waals surface area contributed by atoms with Gasteiger partial charge in [0.1, 0.15) is 5.82 Å². The number of carbonyl (C=O) groups excluding carboxylic acids is 1. The molecule has 0 aliphatic carbocycles. The zero-order valence-corrected chi connectivity index (χ0v) is 10.8. The minimum absolute atomic E-state index is 0.1000. The molecule has 1 aromatic carbocycles. The summed E-state index contributed by atoms with van der Waals surface area (Å²) in [5, 5.41) is 0. The fraction of sp³-hybridized carbons (Fsp3) is 0.500. The van der Waals surface area contributed by atoms with Gasteiger partial charge in [-0.25, -0.2) is 4.39 Å². The van der Waals surface area contributed by atoms with Crippen molar-refractivity contribution in [1.82, 2.24) is 4.90 Å². The van der Waals surface area contributed by atoms with Crippen LogP contribution >= 0.6 is 0 Å². The highest BCUT2D eigenvalue weighted by atomic mass is 19.1. The third kappa shape index (κ3) is 2.70. The van der Waals surface area contributed by atoms with Crippen molar-refractivity contribution in [2.24, 2.45) is 5.73 Å². The van der Waals surface area contributed by atoms with E-state index in [-0.39, 0.29) is 23.8 Å². The van der Waals surface area contributed by atoms with E-state index in [4.69, 9.17) is 5.73 Å². The van der Waals surface area contributed by atoms with Gasteiger partial charge in [0, 0.05) is 24.2 Å². The molecule has 0 spiro atoms. The number of aryl methyl sites for hydroxylation is 1. The Kier molecular flexibility index (Phi) is 3.66. The first-order valence-electron chi connectivity index (χ1n) is 6.31. The summed E-state index contributed by atoms with van der Waals surface area (Å²) in [5.74, 6) is -0.461. The smallest absolute Gasteiger partial charge is 0.254 e. The fourth-order valence-electron chi connectivity index (χ4n) is 2.54. The normalized spacial score (nSPS) is 24.1. The minimum atomic E-state index is -0.361. The summed E-state index contributed by atoms with van der Waals surface area (Å²) in [4.78, 5) is 14.1. The van der Waals surface area contributed by atoms with Crippen LogP contribution in [0, 0.1) is 12.7 Å². The molecule has 1 fully saturated rings. The first kappa shape index (κ1) is 13.0. The average Bonchev–Trinajstić information content (AvgIpc) is 2.26. The maximum atomic E-state index is 13.3. The van der Waals surface area contributed by atoms with E-state index < -0.39 is 0 Å². The lowest BCUT2D eigenvalue weighted by atomic mass is 9.98. The number of benzene rings is 1. The van der Waals surface area contributed by atoms with Crippen LogP contribution in [0.25, 0.3) is 0 Å². The largest absolute Gasteiger partial charge is 0.336 e. The lowest BCUT2D eigenvalue weighted by Gasteiger charge is -2.36. The Bertz CT molecular complexity index is 441. The van der Waals surface area contributed by atoms with E-state index in [2.05, 4.69) is 0 Å². The second-order valence-corrected chi connectivity index (χ2v) is 5.15. The number of amides is 1. The Morgan fingerprint density at radius 1 is 1.44 bits per heavy atom. The maximum absolute atomic E-state index is 13.3. The van der Waals surface area contributed by atoms with Crippen LogP contribution in [-0.2, 0) is 0 Å². The van der Waals surface area contributed by atoms with Crippen LogP contribution in [0.3, 0.4) is 0 Å². The van der Waals surface area contributed by atoms with Gasteiger partial charge in [0.05, 0.1) is 0 Å². The summed E-state index contributed by atoms with van der Waals surface area (Å²) in [5.41, 5.74) is 7.07. The van der Waals surface area contributed by atoms with Crippen LogP contribution in [0.15, 0.2) is 18.2 Å². The predicted octanol–water partition coefficient (Wildman–Crippen LogP) is 2.09. The van der Waals surface area contributed by atoms with Crippen LogP contribution in [0.5, 0.6) is 0 Å². The Labute approximate surface area is 107 Å². The number of piperidine rings is 1. The van der Waals surface area contributed by atoms with Crippen LogP contribution < -0.4 is 5.73 Å². The SMILES string of the molecule is Cc1cc(F)cc(C(=O)N2CCC(N)CC2C)c1. The van der Waals surface area contributed by atoms with Gasteiger partial charge in [-0.15, -0.1) is 0 Å². The Morgan fingerprint density at radius 3 is 2.78 bits per heavy atom. The second-order valence-electron chi connectivity index (χ2n) is 5.15. The Morgan fingerprint density at radius 2 is 2.17 bits per heavy atom. The summed E-state index contributed by atoms with van der Waals surface area (Å²) >= 11 is 0. The van der Waals surface area contributed by atoms with Crippen molar-refractivity contribution in [1.29, 1.82) is 0 Å². The highest BCUT2D eigenvalue weighted by Crippen LogP contribution is 2.19. The maximum Gasteiger partial charge on any atom is 0.254 e. The lowest BCUT2D eigenvalue weighted by Crippen LogP contribution is -2.48. The molecule has 0 bridgehead atoms. The molecule has 1 heterocycles. The molecule has 2 atom stereocenters. The zero-order valence-electron chi connectivity index (χ0n) is 10.8. The van der Waals surface area contributed by atoms with E-state index in [9.17, 15) is 9.18 Å². The van der Waals surface area contributed by atoms with E-state index >= 15 is 0 Å². The number of nitrogens with zero attached hydrogens (tertiary/aromatic N) is 1. The minimum Gasteiger partial charge on any atom is -0.336 e. The molecule has 1 aliphatic heterocycles. The molecule has 1 aromatic rings. The summed E-state index contributed by atoms with van der Waals surface area (Å²) in [7, 11) is 0. The van der Waals surface area contributed by atoms with Crippen molar-refractivity contribution in [3.05, 3.63) is 35.1 Å². The molecule has 0 radical (unpaired) electrons. The van der Waals surface area contributed by atoms with Crippen molar-refractivity contribution in [3.8, 4) is 0 Å². The van der Waals surface area contributed by atoms with Gasteiger partial charge in [-0.2, -0.15) is 0 Å². The molecule has 4 heteroatoms. The van der Waals surface area contributed by atoms with E-state index in [1.54, 1.807) is 17.9 Å². The van der Waals surface area contributed by atoms with Crippen molar-refractivity contribution in [2.75, 3.05) is 6.54 Å². The van der Waals surface area contributed by atoms with E-state index in [1.165, 1.54) is 12.1 Å². The first-order chi connectivity index (χ1) is 8.47. The molecule has 0 saturated carbocycles. The molecule has 18 heavy (non-hydrogen) atoms. The number of hydrogen-bond acceptors (Lipinski definition) is 2. The molecular formula is C14H19FN2O. The number of hydrogen-bond donors (Lipinski definition) is 1. The lowest BCUT2D eigenvalue weighted by molar-refractivity contribution is 0.0618. The summed E-state index contributed by atoms with van der Waals surface area (Å²) < 4.78 is 13.3. The van der Waals surface area contributed by atoms with Gasteiger partial charge in [-0.3, -0.25) is 4.79 Å². The highest BCUT2D eigenvalue weighted by Gasteiger charge is 2.27. The van der Waals surface area contributed by atoms with Gasteiger partial charge in [-0.05, 0) is 50.5 Å². The number of rotatable bonds is 1. The quantitative estimate of drug-likeness (QED) is 0.829. The van der Waals surface area contributed by atoms with Gasteiger partial charge in [-0.1, -0.05) is 0 Å². The van der Waals surface area contributed by atoms with Crippen LogP contribution in [0.2, 0.25) is 0 Å². The van der Waals surface area contributed by atoms with Gasteiger partial charge >= 0.3 is 0 Å². The van der Waals surface area contributed by atoms with Gasteiger partial charge < -0.3 is 10.6 Å². The number of nitrogens with two attached hydrogens (primary N) is 1. The zero-order chi connectivity index (χ0) is 13.3. The van der Waals surface area contributed by atoms with Crippen molar-refractivity contribution >= 4 is 5.91 Å². The third-order valence-electron chi connectivity index (χ3n) is 3.47. The van der Waals surface area contributed by atoms with E-state index in [1.807, 2.05) is 6.92 Å². The Balaban J connectivity index is 2.20. The van der Waals surface area contributed by atoms with Crippen LogP contribution in [0.1, 0.15) is 35.7 Å². The molecular weight excluding hydrogens is 231 g/mol. The van der Waals surface area contributed by atoms with E-state index in [0.717, 1.165) is 18.4 Å². The second kappa shape index (κ2) is 5.06. The summed E-state index contributed by atoms with van der Waals surface area (Å²) in [6, 6.07) is 4.73. The predicted molar refractivity (Wildman–Crippen MR) is 68.8 cm³/mol. The Hall–Kier alpha value is -1.42. The van der Waals surface area contributed by atoms with Gasteiger partial charge in [0.25, 0.3) is 5.91 Å². The van der Waals surface area contributed by atoms with Crippen molar-refractivity contribution < 1.29 is 9.18 Å². The summed E-state index contributed by atoms with van der Waals surface area (Å²) in [6.45, 7) is 4.43. The number of halogens is 1.